The monoisotopic (exact) mass is 566 g/mol. The topological polar surface area (TPSA) is 21.3 Å². The Morgan fingerprint density at radius 3 is 2.17 bits per heavy atom. The van der Waals surface area contributed by atoms with Crippen LogP contribution in [0.15, 0.2) is 103 Å². The average molecular weight is 568 g/mol. The van der Waals surface area contributed by atoms with Crippen LogP contribution >= 0.6 is 23.2 Å². The van der Waals surface area contributed by atoms with E-state index in [1.54, 1.807) is 0 Å². The summed E-state index contributed by atoms with van der Waals surface area (Å²) in [6, 6.07) is 29.3. The molecule has 1 aliphatic heterocycles. The van der Waals surface area contributed by atoms with Crippen molar-refractivity contribution in [3.05, 3.63) is 141 Å². The van der Waals surface area contributed by atoms with E-state index in [-0.39, 0.29) is 0 Å². The molecule has 200 valence electrons. The second-order valence-corrected chi connectivity index (χ2v) is 11.1. The largest absolute Gasteiger partial charge is 0.439 e. The zero-order chi connectivity index (χ0) is 27.8. The van der Waals surface area contributed by atoms with Gasteiger partial charge < -0.3 is 9.64 Å². The van der Waals surface area contributed by atoms with Crippen LogP contribution < -0.4 is 14.2 Å². The maximum Gasteiger partial charge on any atom is 0.282 e. The third kappa shape index (κ3) is 5.13. The number of ether oxygens (including phenoxy) is 1. The second-order valence-electron chi connectivity index (χ2n) is 10.2. The van der Waals surface area contributed by atoms with Gasteiger partial charge in [0.15, 0.2) is 22.7 Å². The van der Waals surface area contributed by atoms with Crippen molar-refractivity contribution in [1.82, 2.24) is 4.57 Å². The smallest absolute Gasteiger partial charge is 0.282 e. The molecule has 0 fully saturated rings. The first-order valence-electron chi connectivity index (χ1n) is 13.3. The van der Waals surface area contributed by atoms with Crippen molar-refractivity contribution < 1.29 is 9.30 Å². The number of anilines is 1. The van der Waals surface area contributed by atoms with Gasteiger partial charge in [-0.15, -0.1) is 0 Å². The molecule has 0 amide bonds. The van der Waals surface area contributed by atoms with E-state index in [2.05, 4.69) is 88.6 Å². The number of allylic oxidation sites excluding steroid dienone is 2. The molecule has 1 aromatic heterocycles. The van der Waals surface area contributed by atoms with Crippen molar-refractivity contribution in [2.75, 3.05) is 11.9 Å². The fraction of sp³-hybridized carbons (Fsp3) is 0.147. The van der Waals surface area contributed by atoms with Crippen LogP contribution in [0.4, 0.5) is 5.69 Å². The fourth-order valence-corrected chi connectivity index (χ4v) is 5.41. The summed E-state index contributed by atoms with van der Waals surface area (Å²) in [7, 11) is 2.02. The third-order valence-corrected chi connectivity index (χ3v) is 8.05. The quantitative estimate of drug-likeness (QED) is 0.193. The van der Waals surface area contributed by atoms with Crippen LogP contribution in [0, 0.1) is 13.8 Å². The number of hydrogen-bond donors (Lipinski definition) is 0. The molecule has 6 rings (SSSR count). The summed E-state index contributed by atoms with van der Waals surface area (Å²) in [6.07, 6.45) is 6.19. The summed E-state index contributed by atoms with van der Waals surface area (Å²) in [6.45, 7) is 5.59. The van der Waals surface area contributed by atoms with Gasteiger partial charge in [-0.2, -0.15) is 0 Å². The molecule has 0 saturated carbocycles. The van der Waals surface area contributed by atoms with E-state index >= 15 is 0 Å². The van der Waals surface area contributed by atoms with Gasteiger partial charge in [0.1, 0.15) is 13.1 Å². The highest BCUT2D eigenvalue weighted by atomic mass is 35.5. The van der Waals surface area contributed by atoms with Crippen LogP contribution in [-0.4, -0.2) is 11.6 Å². The van der Waals surface area contributed by atoms with Crippen molar-refractivity contribution in [1.29, 1.82) is 0 Å². The van der Waals surface area contributed by atoms with Crippen molar-refractivity contribution in [3.63, 3.8) is 0 Å². The highest BCUT2D eigenvalue weighted by Gasteiger charge is 2.26. The lowest BCUT2D eigenvalue weighted by Crippen LogP contribution is -2.37. The lowest BCUT2D eigenvalue weighted by molar-refractivity contribution is -0.665. The summed E-state index contributed by atoms with van der Waals surface area (Å²) < 4.78 is 10.7. The minimum Gasteiger partial charge on any atom is -0.439 e. The van der Waals surface area contributed by atoms with Crippen LogP contribution in [0.5, 0.6) is 5.75 Å². The number of hydrogen-bond acceptors (Lipinski definition) is 2. The zero-order valence-electron chi connectivity index (χ0n) is 22.7. The summed E-state index contributed by atoms with van der Waals surface area (Å²) in [5.74, 6) is 2.66. The van der Waals surface area contributed by atoms with Crippen molar-refractivity contribution in [2.24, 2.45) is 0 Å². The van der Waals surface area contributed by atoms with Crippen molar-refractivity contribution in [3.8, 4) is 5.75 Å². The van der Waals surface area contributed by atoms with E-state index in [1.807, 2.05) is 49.5 Å². The molecule has 6 heteroatoms. The van der Waals surface area contributed by atoms with Gasteiger partial charge in [-0.1, -0.05) is 95.0 Å². The Balaban J connectivity index is 1.48. The molecule has 0 N–H and O–H groups in total. The molecule has 2 heterocycles. The Bertz CT molecular complexity index is 1680. The molecule has 40 heavy (non-hydrogen) atoms. The molecular formula is C34H30Cl2N3O+. The number of aryl methyl sites for hydroxylation is 2. The SMILES string of the molecule is Cc1ccc(Cn2c(C=CC=C3Oc4ccccc4N3C)[n+](Cc3ccc(C)cc3)c3cc(Cl)c(Cl)cc32)cc1. The number of rotatable bonds is 6. The standard InChI is InChI=1S/C34H30Cl2N3O/c1-23-11-15-25(16-12-23)21-38-30-19-27(35)28(36)20-31(30)39(22-26-17-13-24(2)14-18-26)33(38)9-6-10-34-37(3)29-7-4-5-8-32(29)40-34/h4-20H,21-22H2,1-3H3/q+1. The summed E-state index contributed by atoms with van der Waals surface area (Å²) >= 11 is 13.1. The average Bonchev–Trinajstić information content (AvgIpc) is 3.41. The minimum absolute atomic E-state index is 0.538. The number of aromatic nitrogens is 2. The first-order valence-corrected chi connectivity index (χ1v) is 14.0. The van der Waals surface area contributed by atoms with Crippen molar-refractivity contribution >= 4 is 46.0 Å². The van der Waals surface area contributed by atoms with Crippen LogP contribution in [0.3, 0.4) is 0 Å². The van der Waals surface area contributed by atoms with Gasteiger partial charge in [-0.05, 0) is 49.3 Å². The van der Waals surface area contributed by atoms with E-state index in [1.165, 1.54) is 22.3 Å². The van der Waals surface area contributed by atoms with E-state index in [9.17, 15) is 0 Å². The van der Waals surface area contributed by atoms with Gasteiger partial charge in [-0.3, -0.25) is 0 Å². The van der Waals surface area contributed by atoms with Crippen LogP contribution in [0.25, 0.3) is 17.1 Å². The Morgan fingerprint density at radius 2 is 1.48 bits per heavy atom. The van der Waals surface area contributed by atoms with Crippen molar-refractivity contribution in [2.45, 2.75) is 26.9 Å². The van der Waals surface area contributed by atoms with Gasteiger partial charge >= 0.3 is 0 Å². The summed E-state index contributed by atoms with van der Waals surface area (Å²) in [4.78, 5) is 2.06. The highest BCUT2D eigenvalue weighted by Crippen LogP contribution is 2.37. The number of fused-ring (bicyclic) bond motifs is 2. The van der Waals surface area contributed by atoms with E-state index in [0.29, 0.717) is 23.1 Å². The lowest BCUT2D eigenvalue weighted by Gasteiger charge is -2.09. The maximum atomic E-state index is 6.57. The predicted molar refractivity (Wildman–Crippen MR) is 165 cm³/mol. The normalized spacial score (nSPS) is 13.9. The molecule has 0 spiro atoms. The Hall–Kier alpha value is -3.99. The van der Waals surface area contributed by atoms with E-state index < -0.39 is 0 Å². The Morgan fingerprint density at radius 1 is 0.825 bits per heavy atom. The molecule has 0 unspecified atom stereocenters. The molecule has 0 aliphatic carbocycles. The molecule has 0 radical (unpaired) electrons. The molecule has 0 saturated heterocycles. The Kier molecular flexibility index (Phi) is 7.14. The number of nitrogens with zero attached hydrogens (tertiary/aromatic N) is 3. The number of para-hydroxylation sites is 2. The zero-order valence-corrected chi connectivity index (χ0v) is 24.2. The van der Waals surface area contributed by atoms with E-state index in [4.69, 9.17) is 27.9 Å². The van der Waals surface area contributed by atoms with Gasteiger partial charge in [-0.25, -0.2) is 9.13 Å². The minimum atomic E-state index is 0.538. The number of halogens is 2. The van der Waals surface area contributed by atoms with Crippen LogP contribution in [0.1, 0.15) is 28.1 Å². The fourth-order valence-electron chi connectivity index (χ4n) is 5.10. The number of imidazole rings is 1. The van der Waals surface area contributed by atoms with Gasteiger partial charge in [0.2, 0.25) is 0 Å². The molecule has 4 nitrogen and oxygen atoms in total. The first-order chi connectivity index (χ1) is 19.4. The summed E-state index contributed by atoms with van der Waals surface area (Å²) in [5, 5.41) is 1.08. The number of benzene rings is 4. The Labute approximate surface area is 245 Å². The lowest BCUT2D eigenvalue weighted by atomic mass is 10.1. The van der Waals surface area contributed by atoms with Gasteiger partial charge in [0, 0.05) is 25.3 Å². The predicted octanol–water partition coefficient (Wildman–Crippen LogP) is 8.33. The van der Waals surface area contributed by atoms with E-state index in [0.717, 1.165) is 34.2 Å². The van der Waals surface area contributed by atoms with Gasteiger partial charge in [0.25, 0.3) is 5.82 Å². The molecule has 0 bridgehead atoms. The van der Waals surface area contributed by atoms with Gasteiger partial charge in [0.05, 0.1) is 15.7 Å². The third-order valence-electron chi connectivity index (χ3n) is 7.33. The molecule has 1 aliphatic rings. The maximum absolute atomic E-state index is 6.57. The van der Waals surface area contributed by atoms with Crippen LogP contribution in [0.2, 0.25) is 10.0 Å². The molecular weight excluding hydrogens is 537 g/mol. The molecule has 5 aromatic rings. The highest BCUT2D eigenvalue weighted by molar-refractivity contribution is 6.42. The summed E-state index contributed by atoms with van der Waals surface area (Å²) in [5.41, 5.74) is 7.98. The molecule has 4 aromatic carbocycles. The van der Waals surface area contributed by atoms with Crippen LogP contribution in [-0.2, 0) is 13.1 Å². The second kappa shape index (κ2) is 10.9. The molecule has 0 atom stereocenters. The first kappa shape index (κ1) is 26.2.